The lowest BCUT2D eigenvalue weighted by Crippen LogP contribution is -2.08. The van der Waals surface area contributed by atoms with E-state index >= 15 is 0 Å². The van der Waals surface area contributed by atoms with E-state index in [-0.39, 0.29) is 17.4 Å². The van der Waals surface area contributed by atoms with E-state index in [2.05, 4.69) is 15.4 Å². The highest BCUT2D eigenvalue weighted by molar-refractivity contribution is 5.48. The Kier molecular flexibility index (Phi) is 3.48. The highest BCUT2D eigenvalue weighted by Crippen LogP contribution is 2.31. The van der Waals surface area contributed by atoms with Crippen molar-refractivity contribution in [3.63, 3.8) is 0 Å². The molecular weight excluding hydrogens is 257 g/mol. The number of nitrogens with two attached hydrogens (primary N) is 1. The van der Waals surface area contributed by atoms with Gasteiger partial charge in [-0.15, -0.1) is 0 Å². The number of anilines is 1. The van der Waals surface area contributed by atoms with E-state index in [9.17, 15) is 14.5 Å². The van der Waals surface area contributed by atoms with Gasteiger partial charge in [0, 0.05) is 6.07 Å². The third kappa shape index (κ3) is 2.90. The first kappa shape index (κ1) is 12.6. The molecular formula is C10H8FN5O3. The maximum absolute atomic E-state index is 13.0. The van der Waals surface area contributed by atoms with Gasteiger partial charge in [0.05, 0.1) is 11.0 Å². The molecule has 0 amide bonds. The minimum Gasteiger partial charge on any atom is -0.432 e. The Balaban J connectivity index is 2.34. The number of rotatable bonds is 4. The molecule has 0 spiro atoms. The molecule has 0 unspecified atom stereocenters. The van der Waals surface area contributed by atoms with E-state index in [1.807, 2.05) is 0 Å². The Bertz CT molecular complexity index is 622. The first-order valence-corrected chi connectivity index (χ1v) is 5.00. The third-order valence-corrected chi connectivity index (χ3v) is 2.12. The van der Waals surface area contributed by atoms with Crippen molar-refractivity contribution in [2.45, 2.75) is 0 Å². The summed E-state index contributed by atoms with van der Waals surface area (Å²) in [5.41, 5.74) is 1.78. The van der Waals surface area contributed by atoms with Crippen LogP contribution in [0.3, 0.4) is 0 Å². The quantitative estimate of drug-likeness (QED) is 0.490. The molecule has 0 atom stereocenters. The fraction of sp³-hybridized carbons (Fsp3) is 0. The van der Waals surface area contributed by atoms with Crippen LogP contribution in [0.4, 0.5) is 15.9 Å². The van der Waals surface area contributed by atoms with Gasteiger partial charge in [-0.3, -0.25) is 10.1 Å². The highest BCUT2D eigenvalue weighted by atomic mass is 19.1. The van der Waals surface area contributed by atoms with Gasteiger partial charge in [-0.1, -0.05) is 0 Å². The third-order valence-electron chi connectivity index (χ3n) is 2.12. The largest absolute Gasteiger partial charge is 0.432 e. The minimum absolute atomic E-state index is 0.0395. The molecule has 0 aliphatic heterocycles. The van der Waals surface area contributed by atoms with Crippen molar-refractivity contribution >= 4 is 11.5 Å². The van der Waals surface area contributed by atoms with Crippen LogP contribution in [-0.2, 0) is 0 Å². The van der Waals surface area contributed by atoms with Crippen LogP contribution in [0.25, 0.3) is 0 Å². The number of nitrogens with zero attached hydrogens (tertiary/aromatic N) is 3. The molecule has 0 saturated carbocycles. The minimum atomic E-state index is -0.748. The second-order valence-corrected chi connectivity index (χ2v) is 3.36. The molecule has 9 heteroatoms. The molecule has 3 N–H and O–H groups in total. The summed E-state index contributed by atoms with van der Waals surface area (Å²) >= 11 is 0. The number of hydrogen-bond acceptors (Lipinski definition) is 7. The Morgan fingerprint density at radius 3 is 2.84 bits per heavy atom. The fourth-order valence-electron chi connectivity index (χ4n) is 1.31. The average molecular weight is 265 g/mol. The standard InChI is InChI=1S/C10H8FN5O3/c11-6-1-2-8(7(3-6)16(17)18)19-10-4-9(15-12)13-5-14-10/h1-5H,12H2,(H,13,14,15). The van der Waals surface area contributed by atoms with E-state index in [1.54, 1.807) is 0 Å². The smallest absolute Gasteiger partial charge is 0.314 e. The van der Waals surface area contributed by atoms with Gasteiger partial charge in [0.2, 0.25) is 11.6 Å². The number of nitro benzene ring substituents is 1. The molecule has 8 nitrogen and oxygen atoms in total. The van der Waals surface area contributed by atoms with Crippen molar-refractivity contribution < 1.29 is 14.1 Å². The van der Waals surface area contributed by atoms with Crippen LogP contribution in [0.1, 0.15) is 0 Å². The van der Waals surface area contributed by atoms with Gasteiger partial charge in [0.25, 0.3) is 0 Å². The molecule has 2 aromatic rings. The molecule has 98 valence electrons. The van der Waals surface area contributed by atoms with Crippen molar-refractivity contribution in [3.8, 4) is 11.6 Å². The maximum Gasteiger partial charge on any atom is 0.314 e. The number of halogens is 1. The Labute approximate surface area is 106 Å². The molecule has 1 aromatic heterocycles. The predicted octanol–water partition coefficient (Wildman–Crippen LogP) is 1.60. The summed E-state index contributed by atoms with van der Waals surface area (Å²) in [6, 6.07) is 4.29. The topological polar surface area (TPSA) is 116 Å². The Hall–Kier alpha value is -2.81. The molecule has 0 saturated heterocycles. The molecule has 1 aromatic carbocycles. The summed E-state index contributed by atoms with van der Waals surface area (Å²) in [7, 11) is 0. The summed E-state index contributed by atoms with van der Waals surface area (Å²) in [5, 5.41) is 10.8. The van der Waals surface area contributed by atoms with E-state index in [0.717, 1.165) is 18.2 Å². The lowest BCUT2D eigenvalue weighted by molar-refractivity contribution is -0.385. The van der Waals surface area contributed by atoms with Gasteiger partial charge < -0.3 is 10.2 Å². The summed E-state index contributed by atoms with van der Waals surface area (Å²) in [6.45, 7) is 0. The number of nitrogen functional groups attached to an aromatic ring is 1. The second kappa shape index (κ2) is 5.23. The van der Waals surface area contributed by atoms with Crippen molar-refractivity contribution in [2.24, 2.45) is 5.84 Å². The van der Waals surface area contributed by atoms with Crippen molar-refractivity contribution in [1.29, 1.82) is 0 Å². The molecule has 2 rings (SSSR count). The number of benzene rings is 1. The van der Waals surface area contributed by atoms with Gasteiger partial charge in [-0.25, -0.2) is 20.2 Å². The van der Waals surface area contributed by atoms with Crippen LogP contribution in [-0.4, -0.2) is 14.9 Å². The lowest BCUT2D eigenvalue weighted by Gasteiger charge is -2.06. The zero-order valence-electron chi connectivity index (χ0n) is 9.41. The number of nitrogens with one attached hydrogen (secondary N) is 1. The monoisotopic (exact) mass is 265 g/mol. The Morgan fingerprint density at radius 2 is 2.16 bits per heavy atom. The van der Waals surface area contributed by atoms with Gasteiger partial charge in [0.15, 0.2) is 0 Å². The number of hydrazine groups is 1. The summed E-state index contributed by atoms with van der Waals surface area (Å²) < 4.78 is 18.2. The number of aromatic nitrogens is 2. The number of ether oxygens (including phenoxy) is 1. The average Bonchev–Trinajstić information content (AvgIpc) is 2.41. The van der Waals surface area contributed by atoms with E-state index in [4.69, 9.17) is 10.6 Å². The zero-order chi connectivity index (χ0) is 13.8. The van der Waals surface area contributed by atoms with Crippen molar-refractivity contribution in [2.75, 3.05) is 5.43 Å². The molecule has 0 aliphatic rings. The molecule has 0 radical (unpaired) electrons. The molecule has 19 heavy (non-hydrogen) atoms. The van der Waals surface area contributed by atoms with Crippen LogP contribution in [0, 0.1) is 15.9 Å². The van der Waals surface area contributed by atoms with Gasteiger partial charge in [-0.05, 0) is 12.1 Å². The molecule has 0 bridgehead atoms. The maximum atomic E-state index is 13.0. The Morgan fingerprint density at radius 1 is 1.37 bits per heavy atom. The highest BCUT2D eigenvalue weighted by Gasteiger charge is 2.17. The van der Waals surface area contributed by atoms with Crippen LogP contribution >= 0.6 is 0 Å². The van der Waals surface area contributed by atoms with E-state index in [1.165, 1.54) is 12.4 Å². The normalized spacial score (nSPS) is 10.0. The summed E-state index contributed by atoms with van der Waals surface area (Å²) in [6.07, 6.45) is 1.17. The van der Waals surface area contributed by atoms with Crippen LogP contribution in [0.5, 0.6) is 11.6 Å². The first-order chi connectivity index (χ1) is 9.10. The van der Waals surface area contributed by atoms with Gasteiger partial charge >= 0.3 is 5.69 Å². The lowest BCUT2D eigenvalue weighted by atomic mass is 10.3. The number of nitro groups is 1. The molecule has 0 aliphatic carbocycles. The molecule has 1 heterocycles. The van der Waals surface area contributed by atoms with Crippen LogP contribution in [0.15, 0.2) is 30.6 Å². The van der Waals surface area contributed by atoms with Crippen LogP contribution in [0.2, 0.25) is 0 Å². The van der Waals surface area contributed by atoms with Gasteiger partial charge in [0.1, 0.15) is 18.0 Å². The van der Waals surface area contributed by atoms with Crippen LogP contribution < -0.4 is 16.0 Å². The van der Waals surface area contributed by atoms with E-state index < -0.39 is 16.4 Å². The van der Waals surface area contributed by atoms with Crippen molar-refractivity contribution in [1.82, 2.24) is 9.97 Å². The fourth-order valence-corrected chi connectivity index (χ4v) is 1.31. The zero-order valence-corrected chi connectivity index (χ0v) is 9.41. The number of hydrogen-bond donors (Lipinski definition) is 2. The van der Waals surface area contributed by atoms with E-state index in [0.29, 0.717) is 0 Å². The SMILES string of the molecule is NNc1cc(Oc2ccc(F)cc2[N+](=O)[O-])ncn1. The molecule has 0 fully saturated rings. The first-order valence-electron chi connectivity index (χ1n) is 5.00. The van der Waals surface area contributed by atoms with Gasteiger partial charge in [-0.2, -0.15) is 0 Å². The predicted molar refractivity (Wildman–Crippen MR) is 63.0 cm³/mol. The van der Waals surface area contributed by atoms with Crippen molar-refractivity contribution in [3.05, 3.63) is 46.5 Å². The summed E-state index contributed by atoms with van der Waals surface area (Å²) in [4.78, 5) is 17.5. The second-order valence-electron chi connectivity index (χ2n) is 3.36. The summed E-state index contributed by atoms with van der Waals surface area (Å²) in [5.74, 6) is 4.61.